The van der Waals surface area contributed by atoms with E-state index in [1.807, 2.05) is 12.1 Å². The van der Waals surface area contributed by atoms with Crippen molar-refractivity contribution >= 4 is 30.7 Å². The number of carbonyl (C=O) groups is 1. The van der Waals surface area contributed by atoms with Gasteiger partial charge < -0.3 is 15.2 Å². The number of pyridine rings is 1. The summed E-state index contributed by atoms with van der Waals surface area (Å²) in [4.78, 5) is 16.0. The lowest BCUT2D eigenvalue weighted by molar-refractivity contribution is 0.0936. The van der Waals surface area contributed by atoms with Crippen molar-refractivity contribution < 1.29 is 9.32 Å². The maximum atomic E-state index is 12.1. The quantitative estimate of drug-likeness (QED) is 0.876. The van der Waals surface area contributed by atoms with Gasteiger partial charge in [-0.25, -0.2) is 0 Å². The molecule has 3 rings (SSSR count). The van der Waals surface area contributed by atoms with E-state index in [-0.39, 0.29) is 30.7 Å². The number of nitrogens with zero attached hydrogens (tertiary/aromatic N) is 2. The number of nitrogens with one attached hydrogen (secondary N) is 2. The molecule has 23 heavy (non-hydrogen) atoms. The number of hydrogen-bond acceptors (Lipinski definition) is 5. The summed E-state index contributed by atoms with van der Waals surface area (Å²) >= 11 is 0. The van der Waals surface area contributed by atoms with Gasteiger partial charge in [-0.15, -0.1) is 24.8 Å². The fourth-order valence-electron chi connectivity index (χ4n) is 2.46. The van der Waals surface area contributed by atoms with E-state index in [1.54, 1.807) is 18.5 Å². The third-order valence-corrected chi connectivity index (χ3v) is 3.66. The van der Waals surface area contributed by atoms with Crippen molar-refractivity contribution in [2.45, 2.75) is 12.8 Å². The number of amides is 1. The Morgan fingerprint density at radius 2 is 2.13 bits per heavy atom. The molecule has 0 spiro atoms. The van der Waals surface area contributed by atoms with Gasteiger partial charge in [0.05, 0.1) is 0 Å². The van der Waals surface area contributed by atoms with E-state index in [1.165, 1.54) is 0 Å². The molecule has 2 aromatic rings. The second kappa shape index (κ2) is 9.50. The monoisotopic (exact) mass is 358 g/mol. The van der Waals surface area contributed by atoms with Crippen LogP contribution in [0.1, 0.15) is 23.3 Å². The fourth-order valence-corrected chi connectivity index (χ4v) is 2.46. The number of hydrogen-bond donors (Lipinski definition) is 2. The van der Waals surface area contributed by atoms with Gasteiger partial charge in [0.1, 0.15) is 0 Å². The zero-order valence-corrected chi connectivity index (χ0v) is 14.2. The van der Waals surface area contributed by atoms with Crippen LogP contribution in [0.15, 0.2) is 35.1 Å². The first-order chi connectivity index (χ1) is 10.3. The van der Waals surface area contributed by atoms with E-state index >= 15 is 0 Å². The van der Waals surface area contributed by atoms with E-state index in [4.69, 9.17) is 4.52 Å². The Labute approximate surface area is 147 Å². The van der Waals surface area contributed by atoms with Gasteiger partial charge in [0.2, 0.25) is 0 Å². The molecule has 0 radical (unpaired) electrons. The second-order valence-corrected chi connectivity index (χ2v) is 5.23. The van der Waals surface area contributed by atoms with Crippen LogP contribution in [-0.2, 0) is 0 Å². The molecule has 1 unspecified atom stereocenters. The summed E-state index contributed by atoms with van der Waals surface area (Å²) < 4.78 is 5.21. The van der Waals surface area contributed by atoms with Gasteiger partial charge in [-0.2, -0.15) is 0 Å². The van der Waals surface area contributed by atoms with Crippen LogP contribution in [0, 0.1) is 5.92 Å². The highest BCUT2D eigenvalue weighted by molar-refractivity contribution is 5.93. The summed E-state index contributed by atoms with van der Waals surface area (Å²) in [6.45, 7) is 2.70. The first-order valence-corrected chi connectivity index (χ1v) is 7.19. The van der Waals surface area contributed by atoms with Crippen molar-refractivity contribution in [2.24, 2.45) is 5.92 Å². The molecule has 0 bridgehead atoms. The summed E-state index contributed by atoms with van der Waals surface area (Å²) in [6.07, 6.45) is 5.66. The summed E-state index contributed by atoms with van der Waals surface area (Å²) in [5, 5.41) is 10.1. The van der Waals surface area contributed by atoms with E-state index in [0.29, 0.717) is 23.9 Å². The Balaban J connectivity index is 0.00000132. The van der Waals surface area contributed by atoms with Gasteiger partial charge >= 0.3 is 0 Å². The summed E-state index contributed by atoms with van der Waals surface area (Å²) in [5.41, 5.74) is 1.17. The Morgan fingerprint density at radius 3 is 2.83 bits per heavy atom. The van der Waals surface area contributed by atoms with Crippen LogP contribution in [0.3, 0.4) is 0 Å². The van der Waals surface area contributed by atoms with Gasteiger partial charge in [-0.05, 0) is 44.0 Å². The Kier molecular flexibility index (Phi) is 8.02. The first kappa shape index (κ1) is 19.4. The Morgan fingerprint density at radius 1 is 1.35 bits per heavy atom. The first-order valence-electron chi connectivity index (χ1n) is 7.19. The highest BCUT2D eigenvalue weighted by Crippen LogP contribution is 2.19. The van der Waals surface area contributed by atoms with Crippen LogP contribution < -0.4 is 10.6 Å². The largest absolute Gasteiger partial charge is 0.355 e. The van der Waals surface area contributed by atoms with Crippen molar-refractivity contribution in [1.29, 1.82) is 0 Å². The van der Waals surface area contributed by atoms with Gasteiger partial charge in [0.25, 0.3) is 5.91 Å². The van der Waals surface area contributed by atoms with Gasteiger partial charge in [0, 0.05) is 30.6 Å². The third-order valence-electron chi connectivity index (χ3n) is 3.66. The minimum absolute atomic E-state index is 0. The number of carbonyl (C=O) groups excluding carboxylic acids is 1. The number of piperidine rings is 1. The standard InChI is InChI=1S/C15H18N4O2.2ClH/c20-15(18-10-11-2-1-5-17-9-11)13-8-14(21-19-13)12-3-6-16-7-4-12;;/h3-4,6-8,11,17H,1-2,5,9-10H2,(H,18,20);2*1H. The minimum Gasteiger partial charge on any atom is -0.355 e. The van der Waals surface area contributed by atoms with Crippen molar-refractivity contribution in [3.63, 3.8) is 0 Å². The number of aromatic nitrogens is 2. The van der Waals surface area contributed by atoms with Crippen molar-refractivity contribution in [3.05, 3.63) is 36.3 Å². The summed E-state index contributed by atoms with van der Waals surface area (Å²) in [6, 6.07) is 5.29. The molecule has 1 aliphatic heterocycles. The molecule has 3 heterocycles. The van der Waals surface area contributed by atoms with E-state index in [0.717, 1.165) is 31.5 Å². The molecule has 0 aliphatic carbocycles. The average molecular weight is 359 g/mol. The zero-order valence-electron chi connectivity index (χ0n) is 12.5. The summed E-state index contributed by atoms with van der Waals surface area (Å²) in [5.74, 6) is 0.876. The predicted octanol–water partition coefficient (Wildman–Crippen LogP) is 2.31. The van der Waals surface area contributed by atoms with Gasteiger partial charge in [0.15, 0.2) is 11.5 Å². The maximum Gasteiger partial charge on any atom is 0.273 e. The van der Waals surface area contributed by atoms with Gasteiger partial charge in [-0.3, -0.25) is 9.78 Å². The van der Waals surface area contributed by atoms with E-state index < -0.39 is 0 Å². The molecular weight excluding hydrogens is 339 g/mol. The number of rotatable bonds is 4. The van der Waals surface area contributed by atoms with Crippen molar-refractivity contribution in [3.8, 4) is 11.3 Å². The molecule has 2 aromatic heterocycles. The van der Waals surface area contributed by atoms with E-state index in [2.05, 4.69) is 20.8 Å². The van der Waals surface area contributed by atoms with Crippen LogP contribution in [0.25, 0.3) is 11.3 Å². The molecule has 1 amide bonds. The molecule has 1 fully saturated rings. The molecular formula is C15H20Cl2N4O2. The molecule has 6 nitrogen and oxygen atoms in total. The number of halogens is 2. The molecule has 8 heteroatoms. The smallest absolute Gasteiger partial charge is 0.273 e. The molecule has 1 atom stereocenters. The molecule has 126 valence electrons. The SMILES string of the molecule is Cl.Cl.O=C(NCC1CCCNC1)c1cc(-c2ccncc2)on1. The Bertz CT molecular complexity index is 601. The molecule has 1 aliphatic rings. The summed E-state index contributed by atoms with van der Waals surface area (Å²) in [7, 11) is 0. The third kappa shape index (κ3) is 5.20. The van der Waals surface area contributed by atoms with Crippen LogP contribution in [-0.4, -0.2) is 35.7 Å². The molecule has 1 saturated heterocycles. The predicted molar refractivity (Wildman–Crippen MR) is 92.2 cm³/mol. The van der Waals surface area contributed by atoms with Crippen LogP contribution in [0.5, 0.6) is 0 Å². The van der Waals surface area contributed by atoms with Crippen LogP contribution in [0.4, 0.5) is 0 Å². The highest BCUT2D eigenvalue weighted by Gasteiger charge is 2.17. The topological polar surface area (TPSA) is 80.0 Å². The second-order valence-electron chi connectivity index (χ2n) is 5.23. The van der Waals surface area contributed by atoms with Crippen LogP contribution in [0.2, 0.25) is 0 Å². The molecule has 0 aromatic carbocycles. The lowest BCUT2D eigenvalue weighted by Crippen LogP contribution is -2.38. The molecule has 0 saturated carbocycles. The zero-order chi connectivity index (χ0) is 14.5. The fraction of sp³-hybridized carbons (Fsp3) is 0.400. The maximum absolute atomic E-state index is 12.1. The van der Waals surface area contributed by atoms with E-state index in [9.17, 15) is 4.79 Å². The average Bonchev–Trinajstić information content (AvgIpc) is 3.04. The normalized spacial score (nSPS) is 16.8. The highest BCUT2D eigenvalue weighted by atomic mass is 35.5. The lowest BCUT2D eigenvalue weighted by atomic mass is 10.00. The lowest BCUT2D eigenvalue weighted by Gasteiger charge is -2.22. The van der Waals surface area contributed by atoms with Gasteiger partial charge in [-0.1, -0.05) is 5.16 Å². The minimum atomic E-state index is -0.190. The molecule has 2 N–H and O–H groups in total. The van der Waals surface area contributed by atoms with Crippen molar-refractivity contribution in [1.82, 2.24) is 20.8 Å². The Hall–Kier alpha value is -1.63. The van der Waals surface area contributed by atoms with Crippen molar-refractivity contribution in [2.75, 3.05) is 19.6 Å². The van der Waals surface area contributed by atoms with Crippen LogP contribution >= 0.6 is 24.8 Å².